The largest absolute Gasteiger partial charge is 0.406 e. The number of alkyl halides is 3. The summed E-state index contributed by atoms with van der Waals surface area (Å²) in [6.45, 7) is -0.675. The quantitative estimate of drug-likeness (QED) is 0.764. The van der Waals surface area contributed by atoms with E-state index in [1.54, 1.807) is 0 Å². The Balaban J connectivity index is 1.94. The molecule has 0 aromatic rings. The van der Waals surface area contributed by atoms with E-state index in [1.807, 2.05) is 0 Å². The van der Waals surface area contributed by atoms with Gasteiger partial charge in [-0.05, 0) is 0 Å². The fourth-order valence-electron chi connectivity index (χ4n) is 2.55. The molecule has 3 amide bonds. The van der Waals surface area contributed by atoms with Gasteiger partial charge in [0.05, 0.1) is 5.92 Å². The summed E-state index contributed by atoms with van der Waals surface area (Å²) >= 11 is 0. The summed E-state index contributed by atoms with van der Waals surface area (Å²) in [5.41, 5.74) is 0. The molecule has 2 rings (SSSR count). The Morgan fingerprint density at radius 2 is 2.00 bits per heavy atom. The van der Waals surface area contributed by atoms with Gasteiger partial charge in [0.15, 0.2) is 0 Å². The zero-order valence-corrected chi connectivity index (χ0v) is 11.3. The van der Waals surface area contributed by atoms with Crippen molar-refractivity contribution in [1.29, 1.82) is 0 Å². The van der Waals surface area contributed by atoms with Crippen LogP contribution < -0.4 is 5.32 Å². The molecule has 0 aliphatic carbocycles. The van der Waals surface area contributed by atoms with E-state index in [-0.39, 0.29) is 37.7 Å². The van der Waals surface area contributed by atoms with Gasteiger partial charge in [-0.15, -0.1) is 0 Å². The molecule has 0 spiro atoms. The first-order valence-electron chi connectivity index (χ1n) is 6.66. The predicted octanol–water partition coefficient (Wildman–Crippen LogP) is -0.254. The maximum Gasteiger partial charge on any atom is 0.406 e. The van der Waals surface area contributed by atoms with Gasteiger partial charge in [-0.2, -0.15) is 13.2 Å². The SMILES string of the molecule is O=C1CCN(C(=O)C2CC(=O)N(CC(F)(F)F)C2)CCN1. The lowest BCUT2D eigenvalue weighted by atomic mass is 10.1. The van der Waals surface area contributed by atoms with E-state index in [1.165, 1.54) is 4.90 Å². The van der Waals surface area contributed by atoms with Crippen LogP contribution in [0.5, 0.6) is 0 Å². The van der Waals surface area contributed by atoms with Crippen LogP contribution in [0.15, 0.2) is 0 Å². The monoisotopic (exact) mass is 307 g/mol. The minimum Gasteiger partial charge on any atom is -0.354 e. The molecule has 2 fully saturated rings. The van der Waals surface area contributed by atoms with E-state index in [2.05, 4.69) is 5.32 Å². The number of rotatable bonds is 2. The van der Waals surface area contributed by atoms with Crippen molar-refractivity contribution in [1.82, 2.24) is 15.1 Å². The Morgan fingerprint density at radius 3 is 2.67 bits per heavy atom. The number of carbonyl (C=O) groups is 3. The summed E-state index contributed by atoms with van der Waals surface area (Å²) in [4.78, 5) is 37.1. The molecular weight excluding hydrogens is 291 g/mol. The van der Waals surface area contributed by atoms with Crippen LogP contribution in [0.4, 0.5) is 13.2 Å². The maximum absolute atomic E-state index is 12.3. The van der Waals surface area contributed by atoms with Gasteiger partial charge in [0, 0.05) is 39.0 Å². The highest BCUT2D eigenvalue weighted by atomic mass is 19.4. The van der Waals surface area contributed by atoms with Crippen molar-refractivity contribution in [2.24, 2.45) is 5.92 Å². The highest BCUT2D eigenvalue weighted by Gasteiger charge is 2.41. The molecule has 2 saturated heterocycles. The van der Waals surface area contributed by atoms with Crippen molar-refractivity contribution in [3.63, 3.8) is 0 Å². The number of nitrogens with one attached hydrogen (secondary N) is 1. The Labute approximate surface area is 119 Å². The molecule has 9 heteroatoms. The molecule has 2 aliphatic heterocycles. The normalized spacial score (nSPS) is 24.0. The standard InChI is InChI=1S/C12H16F3N3O3/c13-12(14,15)7-18-6-8(5-10(18)20)11(21)17-3-1-9(19)16-2-4-17/h8H,1-7H2,(H,16,19). The molecule has 0 aromatic carbocycles. The van der Waals surface area contributed by atoms with Crippen molar-refractivity contribution >= 4 is 17.7 Å². The number of hydrogen-bond acceptors (Lipinski definition) is 3. The first kappa shape index (κ1) is 15.6. The van der Waals surface area contributed by atoms with Gasteiger partial charge in [0.25, 0.3) is 0 Å². The average Bonchev–Trinajstić information content (AvgIpc) is 2.59. The minimum atomic E-state index is -4.47. The van der Waals surface area contributed by atoms with Crippen LogP contribution in [-0.2, 0) is 14.4 Å². The summed E-state index contributed by atoms with van der Waals surface area (Å²) in [5, 5.41) is 2.61. The molecule has 0 radical (unpaired) electrons. The molecule has 118 valence electrons. The molecule has 0 bridgehead atoms. The third-order valence-electron chi connectivity index (χ3n) is 3.56. The Morgan fingerprint density at radius 1 is 1.29 bits per heavy atom. The van der Waals surface area contributed by atoms with Crippen LogP contribution in [0, 0.1) is 5.92 Å². The van der Waals surface area contributed by atoms with Crippen LogP contribution in [0.2, 0.25) is 0 Å². The second-order valence-electron chi connectivity index (χ2n) is 5.22. The van der Waals surface area contributed by atoms with E-state index in [9.17, 15) is 27.6 Å². The highest BCUT2D eigenvalue weighted by molar-refractivity contribution is 5.89. The fourth-order valence-corrected chi connectivity index (χ4v) is 2.55. The van der Waals surface area contributed by atoms with Gasteiger partial charge in [0.1, 0.15) is 6.54 Å². The second-order valence-corrected chi connectivity index (χ2v) is 5.22. The molecule has 6 nitrogen and oxygen atoms in total. The van der Waals surface area contributed by atoms with Crippen molar-refractivity contribution in [2.45, 2.75) is 19.0 Å². The number of hydrogen-bond donors (Lipinski definition) is 1. The van der Waals surface area contributed by atoms with Crippen molar-refractivity contribution in [2.75, 3.05) is 32.7 Å². The van der Waals surface area contributed by atoms with Crippen molar-refractivity contribution in [3.8, 4) is 0 Å². The molecule has 2 heterocycles. The summed E-state index contributed by atoms with van der Waals surface area (Å²) < 4.78 is 37.0. The van der Waals surface area contributed by atoms with E-state index >= 15 is 0 Å². The van der Waals surface area contributed by atoms with Crippen LogP contribution in [0.1, 0.15) is 12.8 Å². The summed E-state index contributed by atoms with van der Waals surface area (Å²) in [7, 11) is 0. The van der Waals surface area contributed by atoms with E-state index in [4.69, 9.17) is 0 Å². The van der Waals surface area contributed by atoms with Crippen molar-refractivity contribution in [3.05, 3.63) is 0 Å². The van der Waals surface area contributed by atoms with Crippen LogP contribution in [0.25, 0.3) is 0 Å². The Bertz CT molecular complexity index is 453. The summed E-state index contributed by atoms with van der Waals surface area (Å²) in [5.74, 6) is -1.93. The highest BCUT2D eigenvalue weighted by Crippen LogP contribution is 2.25. The molecule has 1 unspecified atom stereocenters. The molecule has 0 aromatic heterocycles. The third kappa shape index (κ3) is 4.08. The fraction of sp³-hybridized carbons (Fsp3) is 0.750. The maximum atomic E-state index is 12.3. The third-order valence-corrected chi connectivity index (χ3v) is 3.56. The lowest BCUT2D eigenvalue weighted by molar-refractivity contribution is -0.157. The topological polar surface area (TPSA) is 69.7 Å². The molecule has 1 atom stereocenters. The number of amides is 3. The minimum absolute atomic E-state index is 0.161. The van der Waals surface area contributed by atoms with Crippen LogP contribution >= 0.6 is 0 Å². The number of nitrogens with zero attached hydrogens (tertiary/aromatic N) is 2. The lowest BCUT2D eigenvalue weighted by Crippen LogP contribution is -2.40. The van der Waals surface area contributed by atoms with Gasteiger partial charge in [0.2, 0.25) is 17.7 Å². The van der Waals surface area contributed by atoms with Gasteiger partial charge < -0.3 is 15.1 Å². The van der Waals surface area contributed by atoms with Crippen LogP contribution in [-0.4, -0.2) is 66.4 Å². The van der Waals surface area contributed by atoms with Gasteiger partial charge in [-0.3, -0.25) is 14.4 Å². The first-order valence-corrected chi connectivity index (χ1v) is 6.66. The number of carbonyl (C=O) groups excluding carboxylic acids is 3. The number of halogens is 3. The van der Waals surface area contributed by atoms with Gasteiger partial charge in [-0.25, -0.2) is 0 Å². The van der Waals surface area contributed by atoms with Gasteiger partial charge >= 0.3 is 6.18 Å². The first-order chi connectivity index (χ1) is 9.76. The van der Waals surface area contributed by atoms with Crippen LogP contribution in [0.3, 0.4) is 0 Å². The number of likely N-dealkylation sites (tertiary alicyclic amines) is 1. The Hall–Kier alpha value is -1.80. The van der Waals surface area contributed by atoms with E-state index in [0.717, 1.165) is 0 Å². The zero-order chi connectivity index (χ0) is 15.6. The lowest BCUT2D eigenvalue weighted by Gasteiger charge is -2.23. The molecular formula is C12H16F3N3O3. The average molecular weight is 307 g/mol. The van der Waals surface area contributed by atoms with E-state index in [0.29, 0.717) is 18.0 Å². The van der Waals surface area contributed by atoms with Gasteiger partial charge in [-0.1, -0.05) is 0 Å². The smallest absolute Gasteiger partial charge is 0.354 e. The molecule has 21 heavy (non-hydrogen) atoms. The zero-order valence-electron chi connectivity index (χ0n) is 11.3. The van der Waals surface area contributed by atoms with Crippen molar-refractivity contribution < 1.29 is 27.6 Å². The summed E-state index contributed by atoms with van der Waals surface area (Å²) in [6.07, 6.45) is -4.50. The second kappa shape index (κ2) is 5.90. The Kier molecular flexibility index (Phi) is 4.38. The van der Waals surface area contributed by atoms with E-state index < -0.39 is 24.5 Å². The predicted molar refractivity (Wildman–Crippen MR) is 64.9 cm³/mol. The molecule has 1 N–H and O–H groups in total. The molecule has 0 saturated carbocycles. The summed E-state index contributed by atoms with van der Waals surface area (Å²) in [6, 6.07) is 0. The molecule has 2 aliphatic rings.